The number of nitrogen functional groups attached to an aromatic ring is 2. The number of nitrogens with two attached hydrogens (primary N) is 2. The van der Waals surface area contributed by atoms with Gasteiger partial charge in [-0.1, -0.05) is 83.6 Å². The Morgan fingerprint density at radius 1 is 0.679 bits per heavy atom. The summed E-state index contributed by atoms with van der Waals surface area (Å²) in [6.45, 7) is 6.96. The number of benzene rings is 2. The van der Waals surface area contributed by atoms with Crippen molar-refractivity contribution in [3.8, 4) is 0 Å². The Kier molecular flexibility index (Phi) is 8.89. The summed E-state index contributed by atoms with van der Waals surface area (Å²) >= 11 is 0. The molecule has 154 valence electrons. The van der Waals surface area contributed by atoms with Gasteiger partial charge in [0.2, 0.25) is 0 Å². The van der Waals surface area contributed by atoms with Crippen molar-refractivity contribution in [3.63, 3.8) is 0 Å². The molecule has 0 bridgehead atoms. The van der Waals surface area contributed by atoms with Crippen molar-refractivity contribution in [1.29, 1.82) is 0 Å². The second-order valence-corrected chi connectivity index (χ2v) is 8.26. The van der Waals surface area contributed by atoms with Crippen LogP contribution in [0.5, 0.6) is 0 Å². The number of unbranched alkanes of at least 4 members (excludes halogenated alkanes) is 5. The van der Waals surface area contributed by atoms with Crippen LogP contribution in [0.2, 0.25) is 0 Å². The van der Waals surface area contributed by atoms with Crippen LogP contribution in [0.15, 0.2) is 48.5 Å². The first-order valence-electron chi connectivity index (χ1n) is 11.3. The number of rotatable bonds is 12. The molecule has 0 radical (unpaired) electrons. The highest BCUT2D eigenvalue weighted by atomic mass is 14.5. The zero-order chi connectivity index (χ0) is 20.4. The maximum atomic E-state index is 5.98. The second kappa shape index (κ2) is 11.1. The molecule has 0 aromatic heterocycles. The van der Waals surface area contributed by atoms with Crippen LogP contribution in [0.25, 0.3) is 0 Å². The lowest BCUT2D eigenvalue weighted by Gasteiger charge is -2.41. The predicted molar refractivity (Wildman–Crippen MR) is 125 cm³/mol. The monoisotopic (exact) mass is 380 g/mol. The molecule has 0 saturated carbocycles. The van der Waals surface area contributed by atoms with Gasteiger partial charge in [-0.15, -0.1) is 0 Å². The van der Waals surface area contributed by atoms with Gasteiger partial charge in [-0.05, 0) is 60.6 Å². The Hall–Kier alpha value is -1.96. The van der Waals surface area contributed by atoms with Crippen molar-refractivity contribution in [2.45, 2.75) is 89.9 Å². The molecular formula is C26H40N2. The third kappa shape index (κ3) is 5.53. The molecule has 0 aliphatic heterocycles. The van der Waals surface area contributed by atoms with Crippen LogP contribution in [-0.4, -0.2) is 0 Å². The first-order chi connectivity index (χ1) is 13.6. The third-order valence-electron chi connectivity index (χ3n) is 6.60. The Morgan fingerprint density at radius 2 is 1.18 bits per heavy atom. The zero-order valence-corrected chi connectivity index (χ0v) is 18.2. The van der Waals surface area contributed by atoms with Gasteiger partial charge in [0.05, 0.1) is 0 Å². The van der Waals surface area contributed by atoms with Crippen molar-refractivity contribution >= 4 is 11.4 Å². The fourth-order valence-corrected chi connectivity index (χ4v) is 4.79. The van der Waals surface area contributed by atoms with Crippen LogP contribution in [0.1, 0.15) is 95.6 Å². The molecule has 0 aliphatic carbocycles. The van der Waals surface area contributed by atoms with Crippen molar-refractivity contribution in [2.24, 2.45) is 0 Å². The number of hydrogen-bond acceptors (Lipinski definition) is 2. The molecule has 0 amide bonds. The number of anilines is 2. The normalized spacial score (nSPS) is 12.8. The highest BCUT2D eigenvalue weighted by Crippen LogP contribution is 2.47. The molecule has 1 unspecified atom stereocenters. The summed E-state index contributed by atoms with van der Waals surface area (Å²) in [5.41, 5.74) is 16.6. The van der Waals surface area contributed by atoms with Gasteiger partial charge in [0.15, 0.2) is 0 Å². The minimum atomic E-state index is 0.132. The van der Waals surface area contributed by atoms with E-state index in [2.05, 4.69) is 69.3 Å². The van der Waals surface area contributed by atoms with Gasteiger partial charge in [-0.3, -0.25) is 0 Å². The maximum Gasteiger partial charge on any atom is 0.0314 e. The van der Waals surface area contributed by atoms with E-state index < -0.39 is 0 Å². The summed E-state index contributed by atoms with van der Waals surface area (Å²) in [5, 5.41) is 0. The van der Waals surface area contributed by atoms with Gasteiger partial charge in [-0.25, -0.2) is 0 Å². The van der Waals surface area contributed by atoms with Gasteiger partial charge in [-0.2, -0.15) is 0 Å². The Labute approximate surface area is 172 Å². The number of hydrogen-bond donors (Lipinski definition) is 2. The van der Waals surface area contributed by atoms with E-state index in [4.69, 9.17) is 11.5 Å². The zero-order valence-electron chi connectivity index (χ0n) is 18.2. The second-order valence-electron chi connectivity index (χ2n) is 8.26. The average Bonchev–Trinajstić information content (AvgIpc) is 2.72. The largest absolute Gasteiger partial charge is 0.399 e. The van der Waals surface area contributed by atoms with E-state index in [0.717, 1.165) is 24.2 Å². The first kappa shape index (κ1) is 22.3. The highest BCUT2D eigenvalue weighted by Gasteiger charge is 2.37. The average molecular weight is 381 g/mol. The van der Waals surface area contributed by atoms with Gasteiger partial charge < -0.3 is 11.5 Å². The highest BCUT2D eigenvalue weighted by molar-refractivity contribution is 5.45. The Bertz CT molecular complexity index is 669. The lowest BCUT2D eigenvalue weighted by molar-refractivity contribution is 0.296. The van der Waals surface area contributed by atoms with E-state index in [9.17, 15) is 0 Å². The fraction of sp³-hybridized carbons (Fsp3) is 0.538. The van der Waals surface area contributed by atoms with Gasteiger partial charge in [0.25, 0.3) is 0 Å². The third-order valence-corrected chi connectivity index (χ3v) is 6.60. The Morgan fingerprint density at radius 3 is 1.71 bits per heavy atom. The molecule has 0 aliphatic rings. The summed E-state index contributed by atoms with van der Waals surface area (Å²) in [5.74, 6) is 0.498. The van der Waals surface area contributed by atoms with E-state index in [-0.39, 0.29) is 5.41 Å². The first-order valence-corrected chi connectivity index (χ1v) is 11.3. The molecule has 2 aromatic rings. The summed E-state index contributed by atoms with van der Waals surface area (Å²) < 4.78 is 0. The lowest BCUT2D eigenvalue weighted by Crippen LogP contribution is -2.33. The minimum absolute atomic E-state index is 0.132. The molecule has 4 N–H and O–H groups in total. The summed E-state index contributed by atoms with van der Waals surface area (Å²) in [6, 6.07) is 17.2. The SMILES string of the molecule is CCCCCCCCC(c1ccc(N)cc1)C(CC)(CC)c1ccc(N)cc1. The van der Waals surface area contributed by atoms with E-state index in [1.807, 2.05) is 0 Å². The quantitative estimate of drug-likeness (QED) is 0.297. The van der Waals surface area contributed by atoms with Crippen LogP contribution in [-0.2, 0) is 5.41 Å². The molecule has 0 spiro atoms. The molecule has 2 aromatic carbocycles. The van der Waals surface area contributed by atoms with Gasteiger partial charge in [0, 0.05) is 16.8 Å². The van der Waals surface area contributed by atoms with Crippen LogP contribution < -0.4 is 11.5 Å². The van der Waals surface area contributed by atoms with Crippen molar-refractivity contribution in [3.05, 3.63) is 59.7 Å². The van der Waals surface area contributed by atoms with Gasteiger partial charge in [0.1, 0.15) is 0 Å². The van der Waals surface area contributed by atoms with Crippen LogP contribution in [0.4, 0.5) is 11.4 Å². The molecular weight excluding hydrogens is 340 g/mol. The molecule has 0 fully saturated rings. The van der Waals surface area contributed by atoms with E-state index in [1.54, 1.807) is 0 Å². The predicted octanol–water partition coefficient (Wildman–Crippen LogP) is 7.44. The standard InChI is InChI=1S/C26H40N2/c1-4-7-8-9-10-11-12-25(21-13-17-23(27)18-14-21)26(5-2,6-3)22-15-19-24(28)20-16-22/h13-20,25H,4-12,27-28H2,1-3H3. The summed E-state index contributed by atoms with van der Waals surface area (Å²) in [6.07, 6.45) is 11.5. The van der Waals surface area contributed by atoms with Crippen LogP contribution in [0, 0.1) is 0 Å². The van der Waals surface area contributed by atoms with E-state index >= 15 is 0 Å². The molecule has 0 heterocycles. The molecule has 1 atom stereocenters. The summed E-state index contributed by atoms with van der Waals surface area (Å²) in [4.78, 5) is 0. The molecule has 28 heavy (non-hydrogen) atoms. The molecule has 2 heteroatoms. The smallest absolute Gasteiger partial charge is 0.0314 e. The van der Waals surface area contributed by atoms with Gasteiger partial charge >= 0.3 is 0 Å². The van der Waals surface area contributed by atoms with Crippen molar-refractivity contribution < 1.29 is 0 Å². The van der Waals surface area contributed by atoms with E-state index in [0.29, 0.717) is 5.92 Å². The fourth-order valence-electron chi connectivity index (χ4n) is 4.79. The van der Waals surface area contributed by atoms with Crippen molar-refractivity contribution in [2.75, 3.05) is 11.5 Å². The van der Waals surface area contributed by atoms with Crippen molar-refractivity contribution in [1.82, 2.24) is 0 Å². The Balaban J connectivity index is 2.30. The topological polar surface area (TPSA) is 52.0 Å². The van der Waals surface area contributed by atoms with E-state index in [1.165, 1.54) is 56.1 Å². The molecule has 0 saturated heterocycles. The van der Waals surface area contributed by atoms with Crippen LogP contribution >= 0.6 is 0 Å². The van der Waals surface area contributed by atoms with Crippen LogP contribution in [0.3, 0.4) is 0 Å². The molecule has 2 nitrogen and oxygen atoms in total. The maximum absolute atomic E-state index is 5.98. The summed E-state index contributed by atoms with van der Waals surface area (Å²) in [7, 11) is 0. The lowest BCUT2D eigenvalue weighted by atomic mass is 9.63. The molecule has 2 rings (SSSR count). The minimum Gasteiger partial charge on any atom is -0.399 e.